The minimum absolute atomic E-state index is 0.143. The second kappa shape index (κ2) is 8.90. The Morgan fingerprint density at radius 2 is 1.96 bits per heavy atom. The van der Waals surface area contributed by atoms with Gasteiger partial charge < -0.3 is 24.4 Å². The molecular formula is C18H21BrN4O4. The SMILES string of the molecule is COc1ccc(NC(=O)N2CCC[C@@H](Oc3ncc(Br)cn3)C2)cc1OC. The number of carbonyl (C=O) groups excluding carboxylic acids is 1. The van der Waals surface area contributed by atoms with Gasteiger partial charge in [0.2, 0.25) is 0 Å². The first kappa shape index (κ1) is 19.2. The molecule has 1 N–H and O–H groups in total. The zero-order valence-electron chi connectivity index (χ0n) is 15.1. The van der Waals surface area contributed by atoms with Crippen molar-refractivity contribution in [3.63, 3.8) is 0 Å². The fraction of sp³-hybridized carbons (Fsp3) is 0.389. The van der Waals surface area contributed by atoms with Gasteiger partial charge in [-0.05, 0) is 40.9 Å². The predicted octanol–water partition coefficient (Wildman–Crippen LogP) is 3.33. The highest BCUT2D eigenvalue weighted by Gasteiger charge is 2.25. The molecular weight excluding hydrogens is 416 g/mol. The lowest BCUT2D eigenvalue weighted by Crippen LogP contribution is -2.46. The van der Waals surface area contributed by atoms with Gasteiger partial charge in [-0.3, -0.25) is 0 Å². The van der Waals surface area contributed by atoms with Crippen LogP contribution in [0.2, 0.25) is 0 Å². The number of piperidine rings is 1. The molecule has 1 aliphatic heterocycles. The van der Waals surface area contributed by atoms with Crippen LogP contribution in [0.15, 0.2) is 35.1 Å². The van der Waals surface area contributed by atoms with Gasteiger partial charge in [0.1, 0.15) is 6.10 Å². The summed E-state index contributed by atoms with van der Waals surface area (Å²) in [7, 11) is 3.12. The van der Waals surface area contributed by atoms with Gasteiger partial charge in [0.25, 0.3) is 0 Å². The molecule has 1 saturated heterocycles. The smallest absolute Gasteiger partial charge is 0.321 e. The van der Waals surface area contributed by atoms with E-state index < -0.39 is 0 Å². The van der Waals surface area contributed by atoms with Crippen LogP contribution in [0, 0.1) is 0 Å². The van der Waals surface area contributed by atoms with Gasteiger partial charge in [-0.2, -0.15) is 0 Å². The first-order valence-electron chi connectivity index (χ1n) is 8.51. The zero-order valence-corrected chi connectivity index (χ0v) is 16.7. The summed E-state index contributed by atoms with van der Waals surface area (Å²) < 4.78 is 17.1. The van der Waals surface area contributed by atoms with Gasteiger partial charge >= 0.3 is 12.0 Å². The first-order valence-corrected chi connectivity index (χ1v) is 9.30. The van der Waals surface area contributed by atoms with Crippen LogP contribution >= 0.6 is 15.9 Å². The van der Waals surface area contributed by atoms with Crippen LogP contribution in [-0.4, -0.2) is 54.3 Å². The Morgan fingerprint density at radius 1 is 1.22 bits per heavy atom. The number of anilines is 1. The average Bonchev–Trinajstić information content (AvgIpc) is 2.70. The number of hydrogen-bond acceptors (Lipinski definition) is 6. The molecule has 0 radical (unpaired) electrons. The van der Waals surface area contributed by atoms with Crippen LogP contribution in [0.5, 0.6) is 17.5 Å². The predicted molar refractivity (Wildman–Crippen MR) is 104 cm³/mol. The number of aromatic nitrogens is 2. The van der Waals surface area contributed by atoms with E-state index in [0.717, 1.165) is 17.3 Å². The molecule has 0 bridgehead atoms. The van der Waals surface area contributed by atoms with Crippen LogP contribution in [0.4, 0.5) is 10.5 Å². The Bertz CT molecular complexity index is 787. The number of likely N-dealkylation sites (tertiary alicyclic amines) is 1. The molecule has 0 spiro atoms. The van der Waals surface area contributed by atoms with Crippen molar-refractivity contribution in [2.75, 3.05) is 32.6 Å². The Kier molecular flexibility index (Phi) is 6.33. The maximum Gasteiger partial charge on any atom is 0.321 e. The van der Waals surface area contributed by atoms with E-state index in [0.29, 0.717) is 36.3 Å². The number of carbonyl (C=O) groups is 1. The van der Waals surface area contributed by atoms with Crippen LogP contribution in [-0.2, 0) is 0 Å². The van der Waals surface area contributed by atoms with Crippen molar-refractivity contribution in [3.05, 3.63) is 35.1 Å². The highest BCUT2D eigenvalue weighted by atomic mass is 79.9. The number of rotatable bonds is 5. The molecule has 2 aromatic rings. The summed E-state index contributed by atoms with van der Waals surface area (Å²) in [5.41, 5.74) is 0.636. The van der Waals surface area contributed by atoms with Crippen molar-refractivity contribution < 1.29 is 19.0 Å². The van der Waals surface area contributed by atoms with Gasteiger partial charge in [-0.1, -0.05) is 0 Å². The molecule has 1 aromatic heterocycles. The largest absolute Gasteiger partial charge is 0.493 e. The van der Waals surface area contributed by atoms with Crippen molar-refractivity contribution in [1.29, 1.82) is 0 Å². The number of amides is 2. The van der Waals surface area contributed by atoms with Crippen molar-refractivity contribution >= 4 is 27.6 Å². The number of benzene rings is 1. The molecule has 144 valence electrons. The molecule has 2 heterocycles. The maximum absolute atomic E-state index is 12.6. The average molecular weight is 437 g/mol. The van der Waals surface area contributed by atoms with Gasteiger partial charge in [-0.25, -0.2) is 14.8 Å². The number of nitrogens with zero attached hydrogens (tertiary/aromatic N) is 3. The molecule has 9 heteroatoms. The number of hydrogen-bond donors (Lipinski definition) is 1. The van der Waals surface area contributed by atoms with E-state index in [4.69, 9.17) is 14.2 Å². The Balaban J connectivity index is 1.60. The van der Waals surface area contributed by atoms with E-state index in [1.807, 2.05) is 0 Å². The summed E-state index contributed by atoms with van der Waals surface area (Å²) in [6.07, 6.45) is 4.82. The van der Waals surface area contributed by atoms with Crippen molar-refractivity contribution in [2.45, 2.75) is 18.9 Å². The third-order valence-corrected chi connectivity index (χ3v) is 4.58. The second-order valence-corrected chi connectivity index (χ2v) is 6.93. The first-order chi connectivity index (χ1) is 13.1. The molecule has 27 heavy (non-hydrogen) atoms. The Hall–Kier alpha value is -2.55. The summed E-state index contributed by atoms with van der Waals surface area (Å²) in [6, 6.07) is 5.37. The summed E-state index contributed by atoms with van der Waals surface area (Å²) >= 11 is 3.29. The van der Waals surface area contributed by atoms with E-state index >= 15 is 0 Å². The highest BCUT2D eigenvalue weighted by Crippen LogP contribution is 2.30. The Morgan fingerprint density at radius 3 is 2.67 bits per heavy atom. The van der Waals surface area contributed by atoms with Crippen LogP contribution in [0.1, 0.15) is 12.8 Å². The Labute approximate surface area is 166 Å². The number of ether oxygens (including phenoxy) is 3. The number of methoxy groups -OCH3 is 2. The monoisotopic (exact) mass is 436 g/mol. The molecule has 0 aliphatic carbocycles. The molecule has 2 amide bonds. The fourth-order valence-electron chi connectivity index (χ4n) is 2.85. The fourth-order valence-corrected chi connectivity index (χ4v) is 3.05. The van der Waals surface area contributed by atoms with Crippen LogP contribution in [0.3, 0.4) is 0 Å². The third kappa shape index (κ3) is 5.00. The van der Waals surface area contributed by atoms with Gasteiger partial charge in [-0.15, -0.1) is 0 Å². The summed E-state index contributed by atoms with van der Waals surface area (Å²) in [6.45, 7) is 1.14. The van der Waals surface area contributed by atoms with E-state index in [1.165, 1.54) is 0 Å². The summed E-state index contributed by atoms with van der Waals surface area (Å²) in [4.78, 5) is 22.6. The lowest BCUT2D eigenvalue weighted by Gasteiger charge is -2.32. The highest BCUT2D eigenvalue weighted by molar-refractivity contribution is 9.10. The number of urea groups is 1. The molecule has 1 aliphatic rings. The minimum Gasteiger partial charge on any atom is -0.493 e. The van der Waals surface area contributed by atoms with Crippen LogP contribution in [0.25, 0.3) is 0 Å². The minimum atomic E-state index is -0.188. The standard InChI is InChI=1S/C18H21BrN4O4/c1-25-15-6-5-13(8-16(15)26-2)22-18(24)23-7-3-4-14(11-23)27-17-20-9-12(19)10-21-17/h5-6,8-10,14H,3-4,7,11H2,1-2H3,(H,22,24)/t14-/m1/s1. The van der Waals surface area contributed by atoms with E-state index in [1.54, 1.807) is 49.7 Å². The van der Waals surface area contributed by atoms with Crippen molar-refractivity contribution in [1.82, 2.24) is 14.9 Å². The lowest BCUT2D eigenvalue weighted by molar-refractivity contribution is 0.0982. The number of nitrogens with one attached hydrogen (secondary N) is 1. The number of halogens is 1. The van der Waals surface area contributed by atoms with Gasteiger partial charge in [0, 0.05) is 30.7 Å². The topological polar surface area (TPSA) is 85.8 Å². The molecule has 1 aromatic carbocycles. The zero-order chi connectivity index (χ0) is 19.2. The molecule has 0 unspecified atom stereocenters. The van der Waals surface area contributed by atoms with Crippen molar-refractivity contribution in [3.8, 4) is 17.5 Å². The summed E-state index contributed by atoms with van der Waals surface area (Å²) in [5, 5.41) is 2.89. The van der Waals surface area contributed by atoms with Gasteiger partial charge in [0.15, 0.2) is 11.5 Å². The second-order valence-electron chi connectivity index (χ2n) is 6.01. The van der Waals surface area contributed by atoms with Crippen molar-refractivity contribution in [2.24, 2.45) is 0 Å². The van der Waals surface area contributed by atoms with E-state index in [9.17, 15) is 4.79 Å². The lowest BCUT2D eigenvalue weighted by atomic mass is 10.1. The summed E-state index contributed by atoms with van der Waals surface area (Å²) in [5.74, 6) is 1.17. The molecule has 0 saturated carbocycles. The maximum atomic E-state index is 12.6. The van der Waals surface area contributed by atoms with E-state index in [-0.39, 0.29) is 12.1 Å². The molecule has 1 atom stereocenters. The van der Waals surface area contributed by atoms with Gasteiger partial charge in [0.05, 0.1) is 25.2 Å². The van der Waals surface area contributed by atoms with E-state index in [2.05, 4.69) is 31.2 Å². The molecule has 3 rings (SSSR count). The molecule has 8 nitrogen and oxygen atoms in total. The molecule has 1 fully saturated rings. The quantitative estimate of drug-likeness (QED) is 0.773. The normalized spacial score (nSPS) is 16.6. The van der Waals surface area contributed by atoms with Crippen LogP contribution < -0.4 is 19.5 Å². The third-order valence-electron chi connectivity index (χ3n) is 4.17.